The first-order valence-electron chi connectivity index (χ1n) is 7.87. The van der Waals surface area contributed by atoms with Crippen molar-refractivity contribution in [1.82, 2.24) is 15.1 Å². The lowest BCUT2D eigenvalue weighted by Gasteiger charge is -2.10. The van der Waals surface area contributed by atoms with Crippen molar-refractivity contribution >= 4 is 10.8 Å². The summed E-state index contributed by atoms with van der Waals surface area (Å²) in [7, 11) is 1.98. The molecular weight excluding hydrogens is 270 g/mol. The maximum atomic E-state index is 4.50. The molecule has 0 atom stereocenters. The molecule has 1 N–H and O–H groups in total. The summed E-state index contributed by atoms with van der Waals surface area (Å²) >= 11 is 0. The number of fused-ring (bicyclic) bond motifs is 1. The lowest BCUT2D eigenvalue weighted by atomic mass is 9.96. The van der Waals surface area contributed by atoms with Crippen LogP contribution in [0.2, 0.25) is 0 Å². The van der Waals surface area contributed by atoms with Crippen LogP contribution in [0.25, 0.3) is 21.9 Å². The van der Waals surface area contributed by atoms with Gasteiger partial charge in [0.15, 0.2) is 0 Å². The second-order valence-corrected chi connectivity index (χ2v) is 6.19. The Labute approximate surface area is 132 Å². The molecule has 1 heterocycles. The van der Waals surface area contributed by atoms with Crippen molar-refractivity contribution in [2.45, 2.75) is 26.9 Å². The van der Waals surface area contributed by atoms with Gasteiger partial charge < -0.3 is 5.32 Å². The summed E-state index contributed by atoms with van der Waals surface area (Å²) in [5.74, 6) is 0.600. The van der Waals surface area contributed by atoms with E-state index in [2.05, 4.69) is 66.9 Å². The van der Waals surface area contributed by atoms with E-state index in [-0.39, 0.29) is 0 Å². The summed E-state index contributed by atoms with van der Waals surface area (Å²) in [6.07, 6.45) is 4.13. The van der Waals surface area contributed by atoms with Gasteiger partial charge >= 0.3 is 0 Å². The Morgan fingerprint density at radius 2 is 1.86 bits per heavy atom. The third kappa shape index (κ3) is 2.90. The molecule has 0 aliphatic rings. The van der Waals surface area contributed by atoms with Crippen LogP contribution in [-0.4, -0.2) is 16.8 Å². The number of hydrogen-bond acceptors (Lipinski definition) is 2. The third-order valence-corrected chi connectivity index (χ3v) is 3.88. The number of hydrogen-bond donors (Lipinski definition) is 1. The molecule has 0 amide bonds. The summed E-state index contributed by atoms with van der Waals surface area (Å²) in [6, 6.07) is 13.0. The highest BCUT2D eigenvalue weighted by atomic mass is 15.3. The maximum Gasteiger partial charge on any atom is 0.0568 e. The van der Waals surface area contributed by atoms with Crippen LogP contribution in [0.15, 0.2) is 48.8 Å². The highest BCUT2D eigenvalue weighted by molar-refractivity contribution is 5.98. The quantitative estimate of drug-likeness (QED) is 0.768. The first kappa shape index (κ1) is 14.8. The molecule has 114 valence electrons. The van der Waals surface area contributed by atoms with Crippen molar-refractivity contribution in [3.63, 3.8) is 0 Å². The van der Waals surface area contributed by atoms with Gasteiger partial charge in [-0.15, -0.1) is 0 Å². The first-order chi connectivity index (χ1) is 10.7. The molecule has 0 radical (unpaired) electrons. The summed E-state index contributed by atoms with van der Waals surface area (Å²) in [6.45, 7) is 6.26. The van der Waals surface area contributed by atoms with Gasteiger partial charge in [-0.05, 0) is 34.9 Å². The highest BCUT2D eigenvalue weighted by Gasteiger charge is 2.09. The Kier molecular flexibility index (Phi) is 4.25. The van der Waals surface area contributed by atoms with Gasteiger partial charge in [-0.2, -0.15) is 5.10 Å². The molecule has 0 unspecified atom stereocenters. The number of nitrogens with zero attached hydrogens (tertiary/aromatic N) is 2. The van der Waals surface area contributed by atoms with E-state index in [0.717, 1.165) is 13.1 Å². The van der Waals surface area contributed by atoms with Gasteiger partial charge in [0.1, 0.15) is 0 Å². The molecule has 0 aliphatic carbocycles. The lowest BCUT2D eigenvalue weighted by molar-refractivity contribution is 0.483. The van der Waals surface area contributed by atoms with Crippen LogP contribution in [0.3, 0.4) is 0 Å². The van der Waals surface area contributed by atoms with E-state index < -0.39 is 0 Å². The molecule has 0 saturated heterocycles. The summed E-state index contributed by atoms with van der Waals surface area (Å²) in [5.41, 5.74) is 3.77. The fraction of sp³-hybridized carbons (Fsp3) is 0.316. The van der Waals surface area contributed by atoms with Crippen molar-refractivity contribution in [2.75, 3.05) is 7.05 Å². The Hall–Kier alpha value is -2.13. The van der Waals surface area contributed by atoms with Crippen molar-refractivity contribution in [3.8, 4) is 11.1 Å². The van der Waals surface area contributed by atoms with Crippen LogP contribution in [0.4, 0.5) is 0 Å². The second-order valence-electron chi connectivity index (χ2n) is 6.19. The lowest BCUT2D eigenvalue weighted by Crippen LogP contribution is -2.05. The van der Waals surface area contributed by atoms with E-state index in [1.165, 1.54) is 27.5 Å². The molecule has 3 aromatic rings. The third-order valence-electron chi connectivity index (χ3n) is 3.88. The van der Waals surface area contributed by atoms with E-state index in [9.17, 15) is 0 Å². The number of aromatic nitrogens is 2. The fourth-order valence-electron chi connectivity index (χ4n) is 2.93. The average molecular weight is 293 g/mol. The molecule has 3 rings (SSSR count). The van der Waals surface area contributed by atoms with Gasteiger partial charge in [0.05, 0.1) is 6.20 Å². The van der Waals surface area contributed by atoms with Crippen LogP contribution in [0, 0.1) is 5.92 Å². The monoisotopic (exact) mass is 293 g/mol. The smallest absolute Gasteiger partial charge is 0.0568 e. The van der Waals surface area contributed by atoms with Crippen molar-refractivity contribution in [1.29, 1.82) is 0 Å². The van der Waals surface area contributed by atoms with Crippen molar-refractivity contribution < 1.29 is 0 Å². The van der Waals surface area contributed by atoms with Crippen LogP contribution in [0.5, 0.6) is 0 Å². The second kappa shape index (κ2) is 6.32. The molecule has 1 aromatic heterocycles. The molecule has 0 spiro atoms. The topological polar surface area (TPSA) is 29.9 Å². The summed E-state index contributed by atoms with van der Waals surface area (Å²) < 4.78 is 2.04. The zero-order valence-electron chi connectivity index (χ0n) is 13.5. The zero-order valence-corrected chi connectivity index (χ0v) is 13.5. The van der Waals surface area contributed by atoms with E-state index in [1.54, 1.807) is 0 Å². The molecule has 0 aliphatic heterocycles. The van der Waals surface area contributed by atoms with E-state index in [0.29, 0.717) is 5.92 Å². The van der Waals surface area contributed by atoms with Crippen molar-refractivity contribution in [3.05, 3.63) is 54.4 Å². The Morgan fingerprint density at radius 3 is 2.59 bits per heavy atom. The van der Waals surface area contributed by atoms with Gasteiger partial charge in [0.2, 0.25) is 0 Å². The fourth-order valence-corrected chi connectivity index (χ4v) is 2.93. The number of rotatable bonds is 5. The number of nitrogens with one attached hydrogen (secondary N) is 1. The Balaban J connectivity index is 2.07. The minimum absolute atomic E-state index is 0.600. The van der Waals surface area contributed by atoms with Crippen LogP contribution in [0.1, 0.15) is 19.4 Å². The predicted octanol–water partition coefficient (Wildman–Crippen LogP) is 4.08. The molecule has 3 heteroatoms. The zero-order chi connectivity index (χ0) is 15.5. The molecular formula is C19H23N3. The largest absolute Gasteiger partial charge is 0.316 e. The predicted molar refractivity (Wildman–Crippen MR) is 92.8 cm³/mol. The first-order valence-corrected chi connectivity index (χ1v) is 7.87. The molecule has 0 bridgehead atoms. The van der Waals surface area contributed by atoms with Gasteiger partial charge in [0, 0.05) is 24.8 Å². The van der Waals surface area contributed by atoms with E-state index >= 15 is 0 Å². The summed E-state index contributed by atoms with van der Waals surface area (Å²) in [5, 5.41) is 10.3. The number of benzene rings is 2. The van der Waals surface area contributed by atoms with E-state index in [1.807, 2.05) is 17.9 Å². The van der Waals surface area contributed by atoms with Crippen LogP contribution in [-0.2, 0) is 13.1 Å². The highest BCUT2D eigenvalue weighted by Crippen LogP contribution is 2.30. The van der Waals surface area contributed by atoms with Gasteiger partial charge in [0.25, 0.3) is 0 Å². The maximum absolute atomic E-state index is 4.50. The van der Waals surface area contributed by atoms with Crippen LogP contribution < -0.4 is 5.32 Å². The average Bonchev–Trinajstić information content (AvgIpc) is 2.95. The molecule has 22 heavy (non-hydrogen) atoms. The SMILES string of the molecule is CNCc1ccc(-c2cnn(CC(C)C)c2)c2ccccc12. The van der Waals surface area contributed by atoms with E-state index in [4.69, 9.17) is 0 Å². The minimum atomic E-state index is 0.600. The van der Waals surface area contributed by atoms with Crippen LogP contribution >= 0.6 is 0 Å². The molecule has 0 fully saturated rings. The Bertz CT molecular complexity index is 771. The molecule has 0 saturated carbocycles. The Morgan fingerprint density at radius 1 is 1.09 bits per heavy atom. The molecule has 2 aromatic carbocycles. The van der Waals surface area contributed by atoms with Crippen molar-refractivity contribution in [2.24, 2.45) is 5.92 Å². The van der Waals surface area contributed by atoms with Gasteiger partial charge in [-0.3, -0.25) is 4.68 Å². The minimum Gasteiger partial charge on any atom is -0.316 e. The summed E-state index contributed by atoms with van der Waals surface area (Å²) in [4.78, 5) is 0. The standard InChI is InChI=1S/C19H23N3/c1-14(2)12-22-13-16(11-21-22)18-9-8-15(10-20-3)17-6-4-5-7-19(17)18/h4-9,11,13-14,20H,10,12H2,1-3H3. The normalized spacial score (nSPS) is 11.5. The van der Waals surface area contributed by atoms with Gasteiger partial charge in [-0.1, -0.05) is 50.2 Å². The van der Waals surface area contributed by atoms with Gasteiger partial charge in [-0.25, -0.2) is 0 Å². The molecule has 3 nitrogen and oxygen atoms in total.